The normalized spacial score (nSPS) is 12.6. The molecule has 0 atom stereocenters. The zero-order valence-electron chi connectivity index (χ0n) is 15.5. The van der Waals surface area contributed by atoms with E-state index in [1.165, 1.54) is 0 Å². The fourth-order valence-electron chi connectivity index (χ4n) is 2.57. The minimum atomic E-state index is -0.138. The number of phenolic OH excluding ortho intramolecular Hbond substituents is 1. The number of para-hydroxylation sites is 1. The molecule has 0 aliphatic rings. The predicted octanol–water partition coefficient (Wildman–Crippen LogP) is 5.43. The fraction of sp³-hybridized carbons (Fsp3) is 0.381. The van der Waals surface area contributed by atoms with Crippen molar-refractivity contribution in [2.75, 3.05) is 5.43 Å². The zero-order valence-corrected chi connectivity index (χ0v) is 15.5. The van der Waals surface area contributed by atoms with Crippen LogP contribution in [0, 0.1) is 0 Å². The summed E-state index contributed by atoms with van der Waals surface area (Å²) in [5.74, 6) is 0.392. The van der Waals surface area contributed by atoms with Crippen molar-refractivity contribution in [3.05, 3.63) is 59.2 Å². The van der Waals surface area contributed by atoms with Gasteiger partial charge >= 0.3 is 0 Å². The lowest BCUT2D eigenvalue weighted by Gasteiger charge is -2.27. The minimum absolute atomic E-state index is 0.138. The lowest BCUT2D eigenvalue weighted by Crippen LogP contribution is -2.17. The van der Waals surface area contributed by atoms with E-state index in [-0.39, 0.29) is 10.8 Å². The Bertz CT molecular complexity index is 685. The van der Waals surface area contributed by atoms with Crippen LogP contribution in [0.2, 0.25) is 0 Å². The fourth-order valence-corrected chi connectivity index (χ4v) is 2.57. The highest BCUT2D eigenvalue weighted by molar-refractivity contribution is 5.82. The van der Waals surface area contributed by atoms with Gasteiger partial charge < -0.3 is 5.11 Å². The van der Waals surface area contributed by atoms with Crippen molar-refractivity contribution in [1.82, 2.24) is 0 Å². The molecule has 0 radical (unpaired) electrons. The van der Waals surface area contributed by atoms with Gasteiger partial charge in [-0.25, -0.2) is 0 Å². The van der Waals surface area contributed by atoms with Crippen molar-refractivity contribution < 1.29 is 5.11 Å². The summed E-state index contributed by atoms with van der Waals surface area (Å²) in [6, 6.07) is 13.9. The lowest BCUT2D eigenvalue weighted by atomic mass is 9.78. The van der Waals surface area contributed by atoms with E-state index in [9.17, 15) is 5.11 Å². The molecule has 128 valence electrons. The molecule has 2 N–H and O–H groups in total. The highest BCUT2D eigenvalue weighted by atomic mass is 16.3. The van der Waals surface area contributed by atoms with Gasteiger partial charge in [0, 0.05) is 11.1 Å². The second-order valence-electron chi connectivity index (χ2n) is 8.20. The molecule has 0 aromatic heterocycles. The molecular formula is C21H28N2O. The smallest absolute Gasteiger partial charge is 0.123 e. The Hall–Kier alpha value is -2.29. The Morgan fingerprint density at radius 2 is 1.38 bits per heavy atom. The molecule has 2 aromatic rings. The molecule has 0 heterocycles. The molecule has 24 heavy (non-hydrogen) atoms. The van der Waals surface area contributed by atoms with Crippen molar-refractivity contribution in [2.45, 2.75) is 52.4 Å². The van der Waals surface area contributed by atoms with E-state index in [4.69, 9.17) is 0 Å². The van der Waals surface area contributed by atoms with Gasteiger partial charge in [0.2, 0.25) is 0 Å². The first kappa shape index (κ1) is 18.1. The van der Waals surface area contributed by atoms with Crippen LogP contribution in [-0.4, -0.2) is 11.3 Å². The van der Waals surface area contributed by atoms with E-state index >= 15 is 0 Å². The van der Waals surface area contributed by atoms with Crippen LogP contribution in [0.1, 0.15) is 58.2 Å². The summed E-state index contributed by atoms with van der Waals surface area (Å²) < 4.78 is 0. The highest BCUT2D eigenvalue weighted by Gasteiger charge is 2.26. The third kappa shape index (κ3) is 4.38. The molecule has 0 fully saturated rings. The van der Waals surface area contributed by atoms with Crippen molar-refractivity contribution in [2.24, 2.45) is 5.10 Å². The average molecular weight is 324 g/mol. The summed E-state index contributed by atoms with van der Waals surface area (Å²) in [4.78, 5) is 0. The number of phenols is 1. The third-order valence-corrected chi connectivity index (χ3v) is 3.93. The van der Waals surface area contributed by atoms with Crippen molar-refractivity contribution in [1.29, 1.82) is 0 Å². The van der Waals surface area contributed by atoms with E-state index in [0.717, 1.165) is 22.4 Å². The second kappa shape index (κ2) is 6.68. The molecule has 0 aliphatic carbocycles. The van der Waals surface area contributed by atoms with Crippen molar-refractivity contribution in [3.63, 3.8) is 0 Å². The van der Waals surface area contributed by atoms with Gasteiger partial charge in [-0.3, -0.25) is 5.43 Å². The molecule has 0 saturated carbocycles. The molecule has 0 bridgehead atoms. The molecule has 3 nitrogen and oxygen atoms in total. The van der Waals surface area contributed by atoms with Crippen LogP contribution in [0.5, 0.6) is 5.75 Å². The Kier molecular flexibility index (Phi) is 5.02. The maximum Gasteiger partial charge on any atom is 0.123 e. The average Bonchev–Trinajstić information content (AvgIpc) is 2.47. The number of nitrogens with one attached hydrogen (secondary N) is 1. The Balaban J connectivity index is 2.39. The number of anilines is 1. The standard InChI is InChI=1S/C21H28N2O/c1-20(2,3)17-12-15(13-18(19(17)24)21(4,5)6)14-22-23-16-10-8-7-9-11-16/h7-14,23-24H,1-6H3. The molecule has 0 unspecified atom stereocenters. The van der Waals surface area contributed by atoms with Crippen molar-refractivity contribution >= 4 is 11.9 Å². The van der Waals surface area contributed by atoms with E-state index in [1.807, 2.05) is 42.5 Å². The molecular weight excluding hydrogens is 296 g/mol. The van der Waals surface area contributed by atoms with Gasteiger partial charge in [-0.1, -0.05) is 59.7 Å². The minimum Gasteiger partial charge on any atom is -0.507 e. The number of benzene rings is 2. The van der Waals surface area contributed by atoms with Crippen LogP contribution in [0.15, 0.2) is 47.6 Å². The van der Waals surface area contributed by atoms with Crippen LogP contribution in [-0.2, 0) is 10.8 Å². The van der Waals surface area contributed by atoms with Crippen LogP contribution in [0.25, 0.3) is 0 Å². The lowest BCUT2D eigenvalue weighted by molar-refractivity contribution is 0.423. The summed E-state index contributed by atoms with van der Waals surface area (Å²) in [5, 5.41) is 15.1. The molecule has 0 saturated heterocycles. The summed E-state index contributed by atoms with van der Waals surface area (Å²) in [7, 11) is 0. The number of aromatic hydroxyl groups is 1. The number of hydrogen-bond donors (Lipinski definition) is 2. The van der Waals surface area contributed by atoms with Gasteiger partial charge in [0.05, 0.1) is 11.9 Å². The number of nitrogens with zero attached hydrogens (tertiary/aromatic N) is 1. The number of hydrazone groups is 1. The van der Waals surface area contributed by atoms with E-state index < -0.39 is 0 Å². The summed E-state index contributed by atoms with van der Waals surface area (Å²) >= 11 is 0. The Morgan fingerprint density at radius 1 is 0.875 bits per heavy atom. The predicted molar refractivity (Wildman–Crippen MR) is 103 cm³/mol. The Morgan fingerprint density at radius 3 is 1.83 bits per heavy atom. The molecule has 3 heteroatoms. The number of hydrogen-bond acceptors (Lipinski definition) is 3. The van der Waals surface area contributed by atoms with Crippen LogP contribution in [0.4, 0.5) is 5.69 Å². The molecule has 2 aromatic carbocycles. The third-order valence-electron chi connectivity index (χ3n) is 3.93. The maximum atomic E-state index is 10.7. The molecule has 0 aliphatic heterocycles. The highest BCUT2D eigenvalue weighted by Crippen LogP contribution is 2.39. The topological polar surface area (TPSA) is 44.6 Å². The SMILES string of the molecule is CC(C)(C)c1cc(C=NNc2ccccc2)cc(C(C)(C)C)c1O. The quantitative estimate of drug-likeness (QED) is 0.584. The van der Waals surface area contributed by atoms with Gasteiger partial charge in [-0.15, -0.1) is 0 Å². The first-order valence-corrected chi connectivity index (χ1v) is 8.31. The zero-order chi connectivity index (χ0) is 18.0. The second-order valence-corrected chi connectivity index (χ2v) is 8.20. The summed E-state index contributed by atoms with van der Waals surface area (Å²) in [6.45, 7) is 12.7. The van der Waals surface area contributed by atoms with E-state index in [0.29, 0.717) is 5.75 Å². The van der Waals surface area contributed by atoms with E-state index in [2.05, 4.69) is 52.1 Å². The van der Waals surface area contributed by atoms with Crippen LogP contribution in [0.3, 0.4) is 0 Å². The molecule has 2 rings (SSSR count). The molecule has 0 spiro atoms. The van der Waals surface area contributed by atoms with Gasteiger partial charge in [0.15, 0.2) is 0 Å². The summed E-state index contributed by atoms with van der Waals surface area (Å²) in [6.07, 6.45) is 1.80. The van der Waals surface area contributed by atoms with Gasteiger partial charge in [0.1, 0.15) is 5.75 Å². The maximum absolute atomic E-state index is 10.7. The number of rotatable bonds is 3. The summed E-state index contributed by atoms with van der Waals surface area (Å²) in [5.41, 5.74) is 6.56. The van der Waals surface area contributed by atoms with Gasteiger partial charge in [0.25, 0.3) is 0 Å². The van der Waals surface area contributed by atoms with Crippen LogP contribution < -0.4 is 5.43 Å². The largest absolute Gasteiger partial charge is 0.507 e. The first-order valence-electron chi connectivity index (χ1n) is 8.31. The van der Waals surface area contributed by atoms with Crippen molar-refractivity contribution in [3.8, 4) is 5.75 Å². The van der Waals surface area contributed by atoms with Gasteiger partial charge in [-0.05, 0) is 40.7 Å². The molecule has 0 amide bonds. The van der Waals surface area contributed by atoms with E-state index in [1.54, 1.807) is 6.21 Å². The first-order chi connectivity index (χ1) is 11.1. The Labute approximate surface area is 145 Å². The van der Waals surface area contributed by atoms with Crippen LogP contribution >= 0.6 is 0 Å². The monoisotopic (exact) mass is 324 g/mol. The van der Waals surface area contributed by atoms with Gasteiger partial charge in [-0.2, -0.15) is 5.10 Å².